The molecule has 1 saturated carbocycles. The zero-order chi connectivity index (χ0) is 13.8. The lowest BCUT2D eigenvalue weighted by Gasteiger charge is -2.21. The van der Waals surface area contributed by atoms with Gasteiger partial charge in [-0.1, -0.05) is 36.2 Å². The van der Waals surface area contributed by atoms with Crippen LogP contribution >= 0.6 is 11.8 Å². The lowest BCUT2D eigenvalue weighted by Crippen LogP contribution is -2.29. The van der Waals surface area contributed by atoms with Crippen LogP contribution in [0.1, 0.15) is 55.8 Å². The standard InChI is InChI=1S/C17H27NS/c1-5-19-17-7-6-16(11-17)18-14(4)15-9-12(2)8-13(3)10-15/h8-10,14,16-18H,5-7,11H2,1-4H3. The first-order valence-electron chi connectivity index (χ1n) is 7.54. The minimum atomic E-state index is 0.467. The van der Waals surface area contributed by atoms with Gasteiger partial charge in [-0.3, -0.25) is 0 Å². The first kappa shape index (κ1) is 14.9. The molecule has 1 aliphatic carbocycles. The zero-order valence-electron chi connectivity index (χ0n) is 12.7. The van der Waals surface area contributed by atoms with Crippen molar-refractivity contribution in [2.45, 2.75) is 64.3 Å². The Labute approximate surface area is 122 Å². The number of thioether (sulfide) groups is 1. The van der Waals surface area contributed by atoms with Crippen LogP contribution in [0.3, 0.4) is 0 Å². The fraction of sp³-hybridized carbons (Fsp3) is 0.647. The third-order valence-corrected chi connectivity index (χ3v) is 5.25. The molecule has 0 bridgehead atoms. The van der Waals surface area contributed by atoms with E-state index in [1.165, 1.54) is 41.7 Å². The van der Waals surface area contributed by atoms with Crippen molar-refractivity contribution < 1.29 is 0 Å². The van der Waals surface area contributed by atoms with Gasteiger partial charge in [0.1, 0.15) is 0 Å². The summed E-state index contributed by atoms with van der Waals surface area (Å²) < 4.78 is 0. The van der Waals surface area contributed by atoms with Gasteiger partial charge < -0.3 is 5.32 Å². The molecule has 0 aromatic heterocycles. The average molecular weight is 277 g/mol. The van der Waals surface area contributed by atoms with Crippen molar-refractivity contribution in [2.24, 2.45) is 0 Å². The highest BCUT2D eigenvalue weighted by Gasteiger charge is 2.25. The molecule has 0 spiro atoms. The van der Waals surface area contributed by atoms with Crippen LogP contribution in [-0.2, 0) is 0 Å². The summed E-state index contributed by atoms with van der Waals surface area (Å²) in [7, 11) is 0. The Morgan fingerprint density at radius 3 is 2.53 bits per heavy atom. The van der Waals surface area contributed by atoms with Crippen molar-refractivity contribution in [1.29, 1.82) is 0 Å². The van der Waals surface area contributed by atoms with Crippen LogP contribution in [0.25, 0.3) is 0 Å². The van der Waals surface area contributed by atoms with Gasteiger partial charge in [-0.2, -0.15) is 11.8 Å². The zero-order valence-corrected chi connectivity index (χ0v) is 13.5. The maximum absolute atomic E-state index is 3.82. The predicted octanol–water partition coefficient (Wildman–Crippen LogP) is 4.63. The van der Waals surface area contributed by atoms with Gasteiger partial charge >= 0.3 is 0 Å². The van der Waals surface area contributed by atoms with Crippen molar-refractivity contribution in [3.8, 4) is 0 Å². The third kappa shape index (κ3) is 4.25. The molecule has 1 fully saturated rings. The van der Waals surface area contributed by atoms with Gasteiger partial charge in [0, 0.05) is 17.3 Å². The van der Waals surface area contributed by atoms with Gasteiger partial charge in [-0.05, 0) is 51.3 Å². The van der Waals surface area contributed by atoms with Gasteiger partial charge in [0.2, 0.25) is 0 Å². The molecule has 1 aliphatic rings. The lowest BCUT2D eigenvalue weighted by molar-refractivity contribution is 0.462. The Hall–Kier alpha value is -0.470. The molecule has 0 aliphatic heterocycles. The summed E-state index contributed by atoms with van der Waals surface area (Å²) in [5.41, 5.74) is 4.17. The van der Waals surface area contributed by atoms with E-state index < -0.39 is 0 Å². The van der Waals surface area contributed by atoms with E-state index in [-0.39, 0.29) is 0 Å². The number of rotatable bonds is 5. The summed E-state index contributed by atoms with van der Waals surface area (Å²) in [5.74, 6) is 1.25. The van der Waals surface area contributed by atoms with E-state index in [9.17, 15) is 0 Å². The first-order chi connectivity index (χ1) is 9.08. The highest BCUT2D eigenvalue weighted by Crippen LogP contribution is 2.31. The highest BCUT2D eigenvalue weighted by atomic mass is 32.2. The molecule has 1 nitrogen and oxygen atoms in total. The average Bonchev–Trinajstić information content (AvgIpc) is 2.76. The maximum Gasteiger partial charge on any atom is 0.0294 e. The van der Waals surface area contributed by atoms with Gasteiger partial charge in [0.15, 0.2) is 0 Å². The molecule has 0 amide bonds. The molecular weight excluding hydrogens is 250 g/mol. The van der Waals surface area contributed by atoms with E-state index in [0.29, 0.717) is 12.1 Å². The van der Waals surface area contributed by atoms with Crippen LogP contribution in [0.2, 0.25) is 0 Å². The van der Waals surface area contributed by atoms with Gasteiger partial charge in [-0.25, -0.2) is 0 Å². The molecule has 2 rings (SSSR count). The molecule has 1 aromatic rings. The van der Waals surface area contributed by atoms with Crippen LogP contribution in [0, 0.1) is 13.8 Å². The number of nitrogens with one attached hydrogen (secondary N) is 1. The maximum atomic E-state index is 3.82. The summed E-state index contributed by atoms with van der Waals surface area (Å²) in [6, 6.07) is 8.06. The van der Waals surface area contributed by atoms with E-state index in [1.807, 2.05) is 0 Å². The highest BCUT2D eigenvalue weighted by molar-refractivity contribution is 7.99. The quantitative estimate of drug-likeness (QED) is 0.842. The van der Waals surface area contributed by atoms with Crippen LogP contribution in [0.5, 0.6) is 0 Å². The van der Waals surface area contributed by atoms with E-state index in [4.69, 9.17) is 0 Å². The number of hydrogen-bond acceptors (Lipinski definition) is 2. The van der Waals surface area contributed by atoms with E-state index in [0.717, 1.165) is 5.25 Å². The normalized spacial score (nSPS) is 24.6. The number of aryl methyl sites for hydroxylation is 2. The summed E-state index contributed by atoms with van der Waals surface area (Å²) in [6.45, 7) is 8.94. The molecular formula is C17H27NS. The van der Waals surface area contributed by atoms with Crippen LogP contribution < -0.4 is 5.32 Å². The third-order valence-electron chi connectivity index (χ3n) is 4.02. The molecule has 0 saturated heterocycles. The smallest absolute Gasteiger partial charge is 0.0294 e. The SMILES string of the molecule is CCSC1CCC(NC(C)c2cc(C)cc(C)c2)C1. The molecule has 2 heteroatoms. The Morgan fingerprint density at radius 1 is 1.21 bits per heavy atom. The summed E-state index contributed by atoms with van der Waals surface area (Å²) in [5, 5.41) is 4.71. The van der Waals surface area contributed by atoms with Crippen molar-refractivity contribution in [3.05, 3.63) is 34.9 Å². The largest absolute Gasteiger partial charge is 0.307 e. The Kier molecular flexibility index (Phi) is 5.35. The van der Waals surface area contributed by atoms with E-state index in [1.54, 1.807) is 0 Å². The van der Waals surface area contributed by atoms with Crippen LogP contribution in [0.15, 0.2) is 18.2 Å². The fourth-order valence-corrected chi connectivity index (χ4v) is 4.33. The molecule has 3 atom stereocenters. The monoisotopic (exact) mass is 277 g/mol. The summed E-state index contributed by atoms with van der Waals surface area (Å²) in [6.07, 6.45) is 4.07. The Bertz CT molecular complexity index is 395. The second kappa shape index (κ2) is 6.81. The van der Waals surface area contributed by atoms with Crippen LogP contribution in [0.4, 0.5) is 0 Å². The summed E-state index contributed by atoms with van der Waals surface area (Å²) in [4.78, 5) is 0. The molecule has 1 aromatic carbocycles. The number of hydrogen-bond donors (Lipinski definition) is 1. The molecule has 19 heavy (non-hydrogen) atoms. The minimum absolute atomic E-state index is 0.467. The topological polar surface area (TPSA) is 12.0 Å². The second-order valence-electron chi connectivity index (χ2n) is 5.90. The van der Waals surface area contributed by atoms with Gasteiger partial charge in [0.25, 0.3) is 0 Å². The first-order valence-corrected chi connectivity index (χ1v) is 8.59. The molecule has 1 N–H and O–H groups in total. The molecule has 0 radical (unpaired) electrons. The molecule has 3 unspecified atom stereocenters. The Morgan fingerprint density at radius 2 is 1.89 bits per heavy atom. The van der Waals surface area contributed by atoms with Crippen molar-refractivity contribution in [3.63, 3.8) is 0 Å². The summed E-state index contributed by atoms with van der Waals surface area (Å²) >= 11 is 2.13. The molecule has 0 heterocycles. The lowest BCUT2D eigenvalue weighted by atomic mass is 10.0. The Balaban J connectivity index is 1.92. The van der Waals surface area contributed by atoms with Gasteiger partial charge in [0.05, 0.1) is 0 Å². The minimum Gasteiger partial charge on any atom is -0.307 e. The van der Waals surface area contributed by atoms with Crippen molar-refractivity contribution in [1.82, 2.24) is 5.32 Å². The predicted molar refractivity (Wildman–Crippen MR) is 87.0 cm³/mol. The fourth-order valence-electron chi connectivity index (χ4n) is 3.19. The van der Waals surface area contributed by atoms with Crippen molar-refractivity contribution in [2.75, 3.05) is 5.75 Å². The van der Waals surface area contributed by atoms with Crippen molar-refractivity contribution >= 4 is 11.8 Å². The number of benzene rings is 1. The van der Waals surface area contributed by atoms with Gasteiger partial charge in [-0.15, -0.1) is 0 Å². The molecule has 106 valence electrons. The van der Waals surface area contributed by atoms with Crippen LogP contribution in [-0.4, -0.2) is 17.0 Å². The van der Waals surface area contributed by atoms with E-state index >= 15 is 0 Å². The second-order valence-corrected chi connectivity index (χ2v) is 7.47. The van der Waals surface area contributed by atoms with E-state index in [2.05, 4.69) is 63.0 Å².